The normalized spacial score (nSPS) is 14.0. The Morgan fingerprint density at radius 2 is 1.97 bits per heavy atom. The second-order valence-electron chi connectivity index (χ2n) is 7.03. The molecule has 0 spiro atoms. The molecule has 3 heterocycles. The minimum atomic E-state index is -1.81. The van der Waals surface area contributed by atoms with Crippen molar-refractivity contribution >= 4 is 44.5 Å². The van der Waals surface area contributed by atoms with Gasteiger partial charge in [0.15, 0.2) is 29.0 Å². The average Bonchev–Trinajstić information content (AvgIpc) is 2.68. The van der Waals surface area contributed by atoms with Crippen LogP contribution in [0.1, 0.15) is 0 Å². The Hall–Kier alpha value is -3.32. The highest BCUT2D eigenvalue weighted by Gasteiger charge is 2.31. The highest BCUT2D eigenvalue weighted by Crippen LogP contribution is 2.39. The van der Waals surface area contributed by atoms with E-state index in [2.05, 4.69) is 31.0 Å². The number of fused-ring (bicyclic) bond motifs is 1. The summed E-state index contributed by atoms with van der Waals surface area (Å²) in [5, 5.41) is 11.7. The Kier molecular flexibility index (Phi) is 5.46. The largest absolute Gasteiger partial charge is 0.511 e. The summed E-state index contributed by atoms with van der Waals surface area (Å²) in [6.07, 6.45) is -0.935. The number of rotatable bonds is 4. The lowest BCUT2D eigenvalue weighted by Gasteiger charge is -2.41. The molecule has 0 unspecified atom stereocenters. The van der Waals surface area contributed by atoms with Crippen LogP contribution < -0.4 is 26.1 Å². The van der Waals surface area contributed by atoms with Crippen LogP contribution in [0.15, 0.2) is 27.6 Å². The van der Waals surface area contributed by atoms with Crippen LogP contribution in [-0.2, 0) is 0 Å². The Labute approximate surface area is 186 Å². The van der Waals surface area contributed by atoms with E-state index < -0.39 is 46.4 Å². The number of carboxylic acid groups (broad SMARTS) is 1. The third-order valence-electron chi connectivity index (χ3n) is 5.09. The van der Waals surface area contributed by atoms with E-state index in [0.29, 0.717) is 19.2 Å². The number of anilines is 2. The van der Waals surface area contributed by atoms with Gasteiger partial charge in [0, 0.05) is 25.2 Å². The van der Waals surface area contributed by atoms with Gasteiger partial charge in [-0.05, 0) is 29.0 Å². The van der Waals surface area contributed by atoms with Crippen molar-refractivity contribution in [2.45, 2.75) is 6.04 Å². The van der Waals surface area contributed by atoms with Crippen LogP contribution >= 0.6 is 15.9 Å². The average molecular weight is 514 g/mol. The minimum Gasteiger partial charge on any atom is -0.449 e. The molecule has 2 aromatic heterocycles. The van der Waals surface area contributed by atoms with Crippen LogP contribution in [-0.4, -0.2) is 47.0 Å². The summed E-state index contributed by atoms with van der Waals surface area (Å²) >= 11 is 3.29. The molecule has 13 heteroatoms. The molecule has 0 saturated carbocycles. The summed E-state index contributed by atoms with van der Waals surface area (Å²) < 4.78 is 48.9. The predicted octanol–water partition coefficient (Wildman–Crippen LogP) is 2.61. The maximum atomic E-state index is 15.0. The molecular weight excluding hydrogens is 499 g/mol. The van der Waals surface area contributed by atoms with Gasteiger partial charge in [-0.3, -0.25) is 9.36 Å². The van der Waals surface area contributed by atoms with Crippen LogP contribution in [0.3, 0.4) is 0 Å². The van der Waals surface area contributed by atoms with Crippen molar-refractivity contribution in [1.29, 1.82) is 0 Å². The van der Waals surface area contributed by atoms with Crippen LogP contribution in [0.5, 0.6) is 5.75 Å². The minimum absolute atomic E-state index is 0.0329. The molecule has 0 bridgehead atoms. The van der Waals surface area contributed by atoms with Gasteiger partial charge in [0.25, 0.3) is 0 Å². The molecule has 1 aliphatic heterocycles. The molecule has 1 aromatic carbocycles. The Morgan fingerprint density at radius 3 is 2.59 bits per heavy atom. The molecule has 0 aliphatic carbocycles. The third-order valence-corrected chi connectivity index (χ3v) is 5.84. The molecule has 0 atom stereocenters. The second kappa shape index (κ2) is 7.98. The Balaban J connectivity index is 2.06. The fraction of sp³-hybridized carbons (Fsp3) is 0.211. The molecule has 0 radical (unpaired) electrons. The van der Waals surface area contributed by atoms with Crippen molar-refractivity contribution in [2.24, 2.45) is 0 Å². The SMILES string of the molecule is CNC1CN(c2c(F)cc3c(=O)c(OC(=O)O)cn(-c4nc(N)c(F)cc4F)c3c2Br)C1. The van der Waals surface area contributed by atoms with Gasteiger partial charge in [0.2, 0.25) is 5.43 Å². The number of benzene rings is 1. The van der Waals surface area contributed by atoms with E-state index in [-0.39, 0.29) is 27.1 Å². The van der Waals surface area contributed by atoms with Crippen molar-refractivity contribution < 1.29 is 27.8 Å². The topological polar surface area (TPSA) is 123 Å². The van der Waals surface area contributed by atoms with Crippen molar-refractivity contribution in [2.75, 3.05) is 30.8 Å². The first-order chi connectivity index (χ1) is 15.1. The molecule has 168 valence electrons. The van der Waals surface area contributed by atoms with Gasteiger partial charge in [0.05, 0.1) is 27.3 Å². The highest BCUT2D eigenvalue weighted by molar-refractivity contribution is 9.10. The van der Waals surface area contributed by atoms with Gasteiger partial charge >= 0.3 is 6.16 Å². The van der Waals surface area contributed by atoms with Crippen LogP contribution in [0.2, 0.25) is 0 Å². The van der Waals surface area contributed by atoms with E-state index in [1.54, 1.807) is 11.9 Å². The van der Waals surface area contributed by atoms with E-state index in [9.17, 15) is 18.4 Å². The first-order valence-electron chi connectivity index (χ1n) is 9.14. The summed E-state index contributed by atoms with van der Waals surface area (Å²) in [4.78, 5) is 29.2. The van der Waals surface area contributed by atoms with Crippen LogP contribution in [0, 0.1) is 17.5 Å². The smallest absolute Gasteiger partial charge is 0.449 e. The monoisotopic (exact) mass is 513 g/mol. The zero-order chi connectivity index (χ0) is 23.3. The van der Waals surface area contributed by atoms with Gasteiger partial charge in [-0.25, -0.2) is 22.9 Å². The lowest BCUT2D eigenvalue weighted by Crippen LogP contribution is -2.57. The molecule has 4 N–H and O–H groups in total. The number of likely N-dealkylation sites (N-methyl/N-ethyl adjacent to an activating group) is 1. The number of hydrogen-bond acceptors (Lipinski definition) is 7. The number of ether oxygens (including phenoxy) is 1. The van der Waals surface area contributed by atoms with E-state index in [1.165, 1.54) is 0 Å². The Morgan fingerprint density at radius 1 is 1.28 bits per heavy atom. The molecule has 1 aliphatic rings. The van der Waals surface area contributed by atoms with Gasteiger partial charge in [-0.15, -0.1) is 0 Å². The van der Waals surface area contributed by atoms with E-state index in [1.807, 2.05) is 0 Å². The van der Waals surface area contributed by atoms with Gasteiger partial charge in [-0.1, -0.05) is 0 Å². The standard InChI is InChI=1S/C19H15BrF3N5O4/c1-25-7-4-27(5-7)15-9(21)2-8-14(13(15)20)28(6-12(16(8)29)32-19(30)31)18-11(23)3-10(22)17(24)26-18/h2-3,6-7,25H,4-5H2,1H3,(H2,24,26)(H,30,31). The summed E-state index contributed by atoms with van der Waals surface area (Å²) in [5.74, 6) is -4.93. The maximum Gasteiger partial charge on any atom is 0.511 e. The lowest BCUT2D eigenvalue weighted by atomic mass is 10.1. The number of hydrogen-bond donors (Lipinski definition) is 3. The fourth-order valence-electron chi connectivity index (χ4n) is 3.49. The lowest BCUT2D eigenvalue weighted by molar-refractivity contribution is 0.144. The number of nitrogens with two attached hydrogens (primary N) is 1. The highest BCUT2D eigenvalue weighted by atomic mass is 79.9. The number of pyridine rings is 2. The first-order valence-corrected chi connectivity index (χ1v) is 9.93. The number of carbonyl (C=O) groups is 1. The number of nitrogen functional groups attached to an aromatic ring is 1. The molecule has 4 rings (SSSR count). The van der Waals surface area contributed by atoms with E-state index in [4.69, 9.17) is 10.8 Å². The zero-order valence-corrected chi connectivity index (χ0v) is 17.9. The van der Waals surface area contributed by atoms with Gasteiger partial charge in [0.1, 0.15) is 5.82 Å². The van der Waals surface area contributed by atoms with Crippen molar-refractivity contribution in [1.82, 2.24) is 14.9 Å². The van der Waals surface area contributed by atoms with Crippen LogP contribution in [0.25, 0.3) is 16.7 Å². The molecule has 1 saturated heterocycles. The molecule has 9 nitrogen and oxygen atoms in total. The van der Waals surface area contributed by atoms with Gasteiger partial charge < -0.3 is 25.8 Å². The zero-order valence-electron chi connectivity index (χ0n) is 16.3. The quantitative estimate of drug-likeness (QED) is 0.455. The molecule has 1 fully saturated rings. The molecule has 32 heavy (non-hydrogen) atoms. The van der Waals surface area contributed by atoms with Crippen molar-refractivity contribution in [3.8, 4) is 11.6 Å². The molecule has 0 amide bonds. The fourth-order valence-corrected chi connectivity index (χ4v) is 4.33. The summed E-state index contributed by atoms with van der Waals surface area (Å²) in [7, 11) is 1.77. The third kappa shape index (κ3) is 3.52. The number of aromatic nitrogens is 2. The summed E-state index contributed by atoms with van der Waals surface area (Å²) in [6, 6.07) is 1.52. The van der Waals surface area contributed by atoms with Crippen molar-refractivity contribution in [3.63, 3.8) is 0 Å². The molecular formula is C19H15BrF3N5O4. The molecule has 3 aromatic rings. The maximum absolute atomic E-state index is 15.0. The van der Waals surface area contributed by atoms with Crippen molar-refractivity contribution in [3.05, 3.63) is 50.5 Å². The summed E-state index contributed by atoms with van der Waals surface area (Å²) in [5.41, 5.74) is 4.61. The second-order valence-corrected chi connectivity index (χ2v) is 7.82. The van der Waals surface area contributed by atoms with E-state index >= 15 is 4.39 Å². The first kappa shape index (κ1) is 21.9. The Bertz CT molecular complexity index is 1330. The van der Waals surface area contributed by atoms with Gasteiger partial charge in [-0.2, -0.15) is 0 Å². The van der Waals surface area contributed by atoms with E-state index in [0.717, 1.165) is 16.8 Å². The number of nitrogens with one attached hydrogen (secondary N) is 1. The number of halogens is 4. The predicted molar refractivity (Wildman–Crippen MR) is 113 cm³/mol. The summed E-state index contributed by atoms with van der Waals surface area (Å²) in [6.45, 7) is 0.941. The number of nitrogens with zero attached hydrogens (tertiary/aromatic N) is 3. The van der Waals surface area contributed by atoms with Crippen LogP contribution in [0.4, 0.5) is 29.5 Å².